The minimum atomic E-state index is -0.131. The number of imidazole rings is 1. The summed E-state index contributed by atoms with van der Waals surface area (Å²) >= 11 is 0. The maximum Gasteiger partial charge on any atom is 0.144 e. The van der Waals surface area contributed by atoms with Gasteiger partial charge in [-0.1, -0.05) is 24.0 Å². The van der Waals surface area contributed by atoms with Crippen molar-refractivity contribution >= 4 is 10.9 Å². The van der Waals surface area contributed by atoms with Gasteiger partial charge in [0.1, 0.15) is 12.4 Å². The van der Waals surface area contributed by atoms with Crippen LogP contribution in [-0.2, 0) is 0 Å². The number of rotatable bonds is 2. The quantitative estimate of drug-likeness (QED) is 0.558. The second-order valence-corrected chi connectivity index (χ2v) is 5.41. The first-order valence-electron chi connectivity index (χ1n) is 7.66. The Morgan fingerprint density at radius 2 is 1.96 bits per heavy atom. The van der Waals surface area contributed by atoms with E-state index in [1.807, 2.05) is 36.7 Å². The molecule has 0 amide bonds. The van der Waals surface area contributed by atoms with Crippen molar-refractivity contribution in [2.45, 2.75) is 0 Å². The van der Waals surface area contributed by atoms with Crippen molar-refractivity contribution in [3.8, 4) is 28.9 Å². The van der Waals surface area contributed by atoms with E-state index < -0.39 is 0 Å². The maximum atomic E-state index is 8.77. The average Bonchev–Trinajstić information content (AvgIpc) is 3.28. The number of H-pyrrole nitrogens is 1. The maximum absolute atomic E-state index is 8.77. The molecule has 0 unspecified atom stereocenters. The zero-order valence-electron chi connectivity index (χ0n) is 12.9. The molecule has 0 atom stereocenters. The van der Waals surface area contributed by atoms with Crippen LogP contribution in [0.2, 0.25) is 0 Å². The van der Waals surface area contributed by atoms with E-state index in [1.165, 1.54) is 5.39 Å². The Kier molecular flexibility index (Phi) is 3.62. The SMILES string of the molecule is OCC#Cc1ccc(-c2nccn2-c2ccc3[nH]ccc3c2)cc1. The smallest absolute Gasteiger partial charge is 0.144 e. The van der Waals surface area contributed by atoms with Crippen LogP contribution in [0, 0.1) is 11.8 Å². The summed E-state index contributed by atoms with van der Waals surface area (Å²) in [4.78, 5) is 7.71. The summed E-state index contributed by atoms with van der Waals surface area (Å²) in [6.07, 6.45) is 5.70. The van der Waals surface area contributed by atoms with Gasteiger partial charge in [0.15, 0.2) is 0 Å². The highest BCUT2D eigenvalue weighted by atomic mass is 16.2. The third kappa shape index (κ3) is 2.58. The fraction of sp³-hybridized carbons (Fsp3) is 0.0500. The van der Waals surface area contributed by atoms with Crippen LogP contribution in [0.4, 0.5) is 0 Å². The Morgan fingerprint density at radius 3 is 2.79 bits per heavy atom. The number of benzene rings is 2. The van der Waals surface area contributed by atoms with E-state index in [-0.39, 0.29) is 6.61 Å². The lowest BCUT2D eigenvalue weighted by Crippen LogP contribution is -1.96. The molecule has 24 heavy (non-hydrogen) atoms. The molecule has 0 bridgehead atoms. The van der Waals surface area contributed by atoms with Gasteiger partial charge in [0, 0.05) is 46.3 Å². The number of aliphatic hydroxyl groups is 1. The van der Waals surface area contributed by atoms with Gasteiger partial charge in [-0.3, -0.25) is 4.57 Å². The number of fused-ring (bicyclic) bond motifs is 1. The summed E-state index contributed by atoms with van der Waals surface area (Å²) in [5.41, 5.74) is 4.08. The molecule has 4 aromatic rings. The molecule has 2 N–H and O–H groups in total. The van der Waals surface area contributed by atoms with Crippen LogP contribution in [0.5, 0.6) is 0 Å². The van der Waals surface area contributed by atoms with Gasteiger partial charge in [-0.25, -0.2) is 4.98 Å². The topological polar surface area (TPSA) is 53.8 Å². The van der Waals surface area contributed by atoms with Crippen LogP contribution in [0.25, 0.3) is 28.0 Å². The molecule has 0 aliphatic heterocycles. The van der Waals surface area contributed by atoms with Crippen molar-refractivity contribution in [3.63, 3.8) is 0 Å². The minimum absolute atomic E-state index is 0.131. The molecule has 0 fully saturated rings. The normalized spacial score (nSPS) is 10.5. The lowest BCUT2D eigenvalue weighted by atomic mass is 10.1. The molecule has 0 aliphatic rings. The predicted molar refractivity (Wildman–Crippen MR) is 94.8 cm³/mol. The minimum Gasteiger partial charge on any atom is -0.384 e. The number of aromatic nitrogens is 3. The Balaban J connectivity index is 1.74. The molecule has 116 valence electrons. The highest BCUT2D eigenvalue weighted by Gasteiger charge is 2.08. The van der Waals surface area contributed by atoms with Crippen LogP contribution < -0.4 is 0 Å². The summed E-state index contributed by atoms with van der Waals surface area (Å²) < 4.78 is 2.07. The standard InChI is InChI=1S/C20H15N3O/c24-13-1-2-15-3-5-16(6-4-15)20-22-11-12-23(20)18-7-8-19-17(14-18)9-10-21-19/h3-12,14,21,24H,13H2. The molecule has 2 heterocycles. The molecule has 4 nitrogen and oxygen atoms in total. The summed E-state index contributed by atoms with van der Waals surface area (Å²) in [5, 5.41) is 9.93. The molecule has 2 aromatic carbocycles. The lowest BCUT2D eigenvalue weighted by Gasteiger charge is -2.08. The van der Waals surface area contributed by atoms with Crippen LogP contribution in [-0.4, -0.2) is 26.2 Å². The fourth-order valence-electron chi connectivity index (χ4n) is 2.76. The Hall–Kier alpha value is -3.29. The fourth-order valence-corrected chi connectivity index (χ4v) is 2.76. The third-order valence-electron chi connectivity index (χ3n) is 3.91. The average molecular weight is 313 g/mol. The van der Waals surface area contributed by atoms with E-state index in [9.17, 15) is 0 Å². The van der Waals surface area contributed by atoms with E-state index in [0.717, 1.165) is 28.2 Å². The lowest BCUT2D eigenvalue weighted by molar-refractivity contribution is 0.350. The van der Waals surface area contributed by atoms with Gasteiger partial charge in [0.25, 0.3) is 0 Å². The number of aromatic amines is 1. The highest BCUT2D eigenvalue weighted by Crippen LogP contribution is 2.24. The summed E-state index contributed by atoms with van der Waals surface area (Å²) in [6, 6.07) is 16.2. The second-order valence-electron chi connectivity index (χ2n) is 5.41. The Bertz CT molecular complexity index is 1050. The number of hydrogen-bond acceptors (Lipinski definition) is 2. The zero-order valence-corrected chi connectivity index (χ0v) is 12.9. The van der Waals surface area contributed by atoms with E-state index in [0.29, 0.717) is 0 Å². The first-order chi connectivity index (χ1) is 11.8. The van der Waals surface area contributed by atoms with E-state index >= 15 is 0 Å². The van der Waals surface area contributed by atoms with Crippen molar-refractivity contribution < 1.29 is 5.11 Å². The van der Waals surface area contributed by atoms with Gasteiger partial charge in [-0.05, 0) is 36.4 Å². The first-order valence-corrected chi connectivity index (χ1v) is 7.66. The molecule has 0 saturated carbocycles. The summed E-state index contributed by atoms with van der Waals surface area (Å²) in [6.45, 7) is -0.131. The Morgan fingerprint density at radius 1 is 1.08 bits per heavy atom. The van der Waals surface area contributed by atoms with Gasteiger partial charge in [-0.15, -0.1) is 0 Å². The van der Waals surface area contributed by atoms with Gasteiger partial charge in [0.2, 0.25) is 0 Å². The molecule has 0 aliphatic carbocycles. The second kappa shape index (κ2) is 6.07. The number of nitrogens with zero attached hydrogens (tertiary/aromatic N) is 2. The molecule has 0 radical (unpaired) electrons. The summed E-state index contributed by atoms with van der Waals surface area (Å²) in [7, 11) is 0. The van der Waals surface area contributed by atoms with E-state index in [1.54, 1.807) is 6.20 Å². The molecule has 0 spiro atoms. The molecule has 2 aromatic heterocycles. The first kappa shape index (κ1) is 14.3. The van der Waals surface area contributed by atoms with Crippen LogP contribution >= 0.6 is 0 Å². The molecular weight excluding hydrogens is 298 g/mol. The third-order valence-corrected chi connectivity index (χ3v) is 3.91. The van der Waals surface area contributed by atoms with Crippen LogP contribution in [0.15, 0.2) is 67.1 Å². The van der Waals surface area contributed by atoms with Gasteiger partial charge >= 0.3 is 0 Å². The number of nitrogens with one attached hydrogen (secondary N) is 1. The number of hydrogen-bond donors (Lipinski definition) is 2. The highest BCUT2D eigenvalue weighted by molar-refractivity contribution is 5.81. The van der Waals surface area contributed by atoms with Crippen molar-refractivity contribution in [1.29, 1.82) is 0 Å². The van der Waals surface area contributed by atoms with Gasteiger partial charge in [0.05, 0.1) is 0 Å². The van der Waals surface area contributed by atoms with Crippen molar-refractivity contribution in [1.82, 2.24) is 14.5 Å². The molecule has 0 saturated heterocycles. The number of aliphatic hydroxyl groups excluding tert-OH is 1. The van der Waals surface area contributed by atoms with Gasteiger partial charge in [-0.2, -0.15) is 0 Å². The summed E-state index contributed by atoms with van der Waals surface area (Å²) in [5.74, 6) is 6.43. The van der Waals surface area contributed by atoms with Crippen molar-refractivity contribution in [3.05, 3.63) is 72.7 Å². The van der Waals surface area contributed by atoms with Crippen molar-refractivity contribution in [2.24, 2.45) is 0 Å². The molecule has 4 heteroatoms. The van der Waals surface area contributed by atoms with E-state index in [2.05, 4.69) is 50.6 Å². The van der Waals surface area contributed by atoms with E-state index in [4.69, 9.17) is 5.11 Å². The molecule has 4 rings (SSSR count). The van der Waals surface area contributed by atoms with Crippen LogP contribution in [0.3, 0.4) is 0 Å². The van der Waals surface area contributed by atoms with Crippen LogP contribution in [0.1, 0.15) is 5.56 Å². The van der Waals surface area contributed by atoms with Gasteiger partial charge < -0.3 is 10.1 Å². The molecular formula is C20H15N3O. The predicted octanol–water partition coefficient (Wildman–Crippen LogP) is 3.36. The van der Waals surface area contributed by atoms with Crippen molar-refractivity contribution in [2.75, 3.05) is 6.61 Å². The largest absolute Gasteiger partial charge is 0.384 e. The zero-order chi connectivity index (χ0) is 16.4. The monoisotopic (exact) mass is 313 g/mol. The Labute approximate surface area is 139 Å².